The third-order valence-electron chi connectivity index (χ3n) is 5.30. The van der Waals surface area contributed by atoms with E-state index in [2.05, 4.69) is 31.0 Å². The number of methoxy groups -OCH3 is 1. The van der Waals surface area contributed by atoms with Crippen LogP contribution in [0.4, 0.5) is 0 Å². The number of thiophene rings is 1. The van der Waals surface area contributed by atoms with Gasteiger partial charge in [-0.05, 0) is 42.2 Å². The first-order chi connectivity index (χ1) is 13.5. The number of nitrogens with zero attached hydrogens (tertiary/aromatic N) is 1. The lowest BCUT2D eigenvalue weighted by molar-refractivity contribution is 0.00674. The molecule has 5 nitrogen and oxygen atoms in total. The molecule has 152 valence electrons. The molecule has 0 spiro atoms. The van der Waals surface area contributed by atoms with Gasteiger partial charge in [0.25, 0.3) is 5.91 Å². The van der Waals surface area contributed by atoms with Gasteiger partial charge in [0.05, 0.1) is 25.2 Å². The average molecular weight is 403 g/mol. The van der Waals surface area contributed by atoms with Crippen LogP contribution in [-0.4, -0.2) is 56.8 Å². The van der Waals surface area contributed by atoms with Crippen molar-refractivity contribution in [2.24, 2.45) is 5.92 Å². The van der Waals surface area contributed by atoms with Crippen LogP contribution >= 0.6 is 11.3 Å². The van der Waals surface area contributed by atoms with Crippen LogP contribution in [0.2, 0.25) is 0 Å². The molecule has 0 bridgehead atoms. The van der Waals surface area contributed by atoms with Gasteiger partial charge < -0.3 is 14.8 Å². The molecule has 1 N–H and O–H groups in total. The molecule has 0 radical (unpaired) electrons. The molecule has 1 atom stereocenters. The number of hydrogen-bond acceptors (Lipinski definition) is 5. The molecule has 2 aromatic rings. The zero-order valence-electron chi connectivity index (χ0n) is 17.2. The molecule has 0 aliphatic carbocycles. The molecule has 1 fully saturated rings. The van der Waals surface area contributed by atoms with Crippen LogP contribution in [0, 0.1) is 12.8 Å². The van der Waals surface area contributed by atoms with Crippen molar-refractivity contribution in [2.45, 2.75) is 26.8 Å². The topological polar surface area (TPSA) is 50.8 Å². The van der Waals surface area contributed by atoms with Crippen molar-refractivity contribution in [3.05, 3.63) is 40.1 Å². The van der Waals surface area contributed by atoms with Gasteiger partial charge in [-0.15, -0.1) is 11.3 Å². The number of hydrogen-bond donors (Lipinski definition) is 1. The van der Waals surface area contributed by atoms with Crippen LogP contribution in [0.1, 0.15) is 28.4 Å². The second-order valence-electron chi connectivity index (χ2n) is 7.48. The second-order valence-corrected chi connectivity index (χ2v) is 8.74. The maximum Gasteiger partial charge on any atom is 0.261 e. The molecular formula is C22H30N2O3S. The van der Waals surface area contributed by atoms with Crippen molar-refractivity contribution >= 4 is 17.2 Å². The number of rotatable bonds is 7. The van der Waals surface area contributed by atoms with Crippen molar-refractivity contribution in [2.75, 3.05) is 40.0 Å². The van der Waals surface area contributed by atoms with Crippen molar-refractivity contribution in [3.63, 3.8) is 0 Å². The largest absolute Gasteiger partial charge is 0.497 e. The van der Waals surface area contributed by atoms with E-state index in [9.17, 15) is 4.79 Å². The number of carbonyl (C=O) groups is 1. The summed E-state index contributed by atoms with van der Waals surface area (Å²) in [5, 5.41) is 3.16. The number of ether oxygens (including phenoxy) is 2. The fraction of sp³-hybridized carbons (Fsp3) is 0.500. The highest BCUT2D eigenvalue weighted by Crippen LogP contribution is 2.32. The van der Waals surface area contributed by atoms with Gasteiger partial charge in [-0.1, -0.05) is 26.0 Å². The first-order valence-corrected chi connectivity index (χ1v) is 10.7. The SMILES string of the molecule is COc1ccc(-c2cc(C(=O)NCC(C(C)C)N3CCOCC3)sc2C)cc1. The van der Waals surface area contributed by atoms with Crippen LogP contribution in [0.25, 0.3) is 11.1 Å². The molecule has 1 aromatic heterocycles. The van der Waals surface area contributed by atoms with Gasteiger partial charge in [0.2, 0.25) is 0 Å². The molecule has 1 unspecified atom stereocenters. The van der Waals surface area contributed by atoms with Crippen LogP contribution in [0.3, 0.4) is 0 Å². The number of aryl methyl sites for hydroxylation is 1. The molecule has 28 heavy (non-hydrogen) atoms. The minimum absolute atomic E-state index is 0.00627. The van der Waals surface area contributed by atoms with Gasteiger partial charge in [0.1, 0.15) is 5.75 Å². The van der Waals surface area contributed by atoms with E-state index >= 15 is 0 Å². The molecular weight excluding hydrogens is 372 g/mol. The van der Waals surface area contributed by atoms with Gasteiger partial charge in [-0.25, -0.2) is 0 Å². The highest BCUT2D eigenvalue weighted by molar-refractivity contribution is 7.14. The smallest absolute Gasteiger partial charge is 0.261 e. The highest BCUT2D eigenvalue weighted by Gasteiger charge is 2.24. The predicted octanol–water partition coefficient (Wildman–Crippen LogP) is 3.82. The molecule has 3 rings (SSSR count). The Bertz CT molecular complexity index is 780. The highest BCUT2D eigenvalue weighted by atomic mass is 32.1. The fourth-order valence-electron chi connectivity index (χ4n) is 3.63. The lowest BCUT2D eigenvalue weighted by Gasteiger charge is -2.36. The predicted molar refractivity (Wildman–Crippen MR) is 114 cm³/mol. The Kier molecular flexibility index (Phi) is 7.10. The summed E-state index contributed by atoms with van der Waals surface area (Å²) in [6, 6.07) is 10.3. The van der Waals surface area contributed by atoms with Crippen molar-refractivity contribution in [3.8, 4) is 16.9 Å². The Morgan fingerprint density at radius 2 is 1.93 bits per heavy atom. The molecule has 1 saturated heterocycles. The number of nitrogens with one attached hydrogen (secondary N) is 1. The molecule has 1 aromatic carbocycles. The normalized spacial score (nSPS) is 16.2. The minimum atomic E-state index is 0.00627. The summed E-state index contributed by atoms with van der Waals surface area (Å²) in [6.07, 6.45) is 0. The van der Waals surface area contributed by atoms with E-state index in [0.717, 1.165) is 52.9 Å². The lowest BCUT2D eigenvalue weighted by atomic mass is 10.0. The Hall–Kier alpha value is -1.89. The van der Waals surface area contributed by atoms with E-state index in [1.165, 1.54) is 0 Å². The standard InChI is InChI=1S/C22H30N2O3S/c1-15(2)20(24-9-11-27-12-10-24)14-23-22(25)21-13-19(16(3)28-21)17-5-7-18(26-4)8-6-17/h5-8,13,15,20H,9-12,14H2,1-4H3,(H,23,25). The number of benzene rings is 1. The Morgan fingerprint density at radius 3 is 2.54 bits per heavy atom. The minimum Gasteiger partial charge on any atom is -0.497 e. The number of amides is 1. The van der Waals surface area contributed by atoms with Crippen LogP contribution < -0.4 is 10.1 Å². The van der Waals surface area contributed by atoms with Crippen LogP contribution in [-0.2, 0) is 4.74 Å². The fourth-order valence-corrected chi connectivity index (χ4v) is 4.59. The molecule has 2 heterocycles. The van der Waals surface area contributed by atoms with E-state index in [-0.39, 0.29) is 5.91 Å². The summed E-state index contributed by atoms with van der Waals surface area (Å²) >= 11 is 1.55. The number of morpholine rings is 1. The van der Waals surface area contributed by atoms with Crippen molar-refractivity contribution in [1.29, 1.82) is 0 Å². The van der Waals surface area contributed by atoms with E-state index in [1.54, 1.807) is 18.4 Å². The lowest BCUT2D eigenvalue weighted by Crippen LogP contribution is -2.51. The summed E-state index contributed by atoms with van der Waals surface area (Å²) < 4.78 is 10.7. The van der Waals surface area contributed by atoms with Gasteiger partial charge >= 0.3 is 0 Å². The van der Waals surface area contributed by atoms with Gasteiger partial charge in [-0.3, -0.25) is 9.69 Å². The molecule has 1 aliphatic rings. The van der Waals surface area contributed by atoms with Crippen molar-refractivity contribution < 1.29 is 14.3 Å². The van der Waals surface area contributed by atoms with E-state index in [1.807, 2.05) is 30.3 Å². The van der Waals surface area contributed by atoms with Crippen molar-refractivity contribution in [1.82, 2.24) is 10.2 Å². The monoisotopic (exact) mass is 402 g/mol. The maximum absolute atomic E-state index is 12.8. The van der Waals surface area contributed by atoms with E-state index < -0.39 is 0 Å². The first-order valence-electron chi connectivity index (χ1n) is 9.84. The van der Waals surface area contributed by atoms with Gasteiger partial charge in [-0.2, -0.15) is 0 Å². The summed E-state index contributed by atoms with van der Waals surface area (Å²) in [5.41, 5.74) is 2.20. The third kappa shape index (κ3) is 4.93. The maximum atomic E-state index is 12.8. The average Bonchev–Trinajstić information content (AvgIpc) is 3.10. The molecule has 0 saturated carbocycles. The zero-order chi connectivity index (χ0) is 20.1. The summed E-state index contributed by atoms with van der Waals surface area (Å²) in [6.45, 7) is 10.5. The first kappa shape index (κ1) is 20.8. The Balaban J connectivity index is 1.66. The number of carbonyl (C=O) groups excluding carboxylic acids is 1. The van der Waals surface area contributed by atoms with E-state index in [4.69, 9.17) is 9.47 Å². The molecule has 1 aliphatic heterocycles. The van der Waals surface area contributed by atoms with E-state index in [0.29, 0.717) is 18.5 Å². The quantitative estimate of drug-likeness (QED) is 0.765. The Labute approximate surface area is 171 Å². The third-order valence-corrected chi connectivity index (χ3v) is 6.35. The zero-order valence-corrected chi connectivity index (χ0v) is 18.0. The van der Waals surface area contributed by atoms with Crippen LogP contribution in [0.5, 0.6) is 5.75 Å². The molecule has 6 heteroatoms. The molecule has 1 amide bonds. The second kappa shape index (κ2) is 9.54. The Morgan fingerprint density at radius 1 is 1.25 bits per heavy atom. The summed E-state index contributed by atoms with van der Waals surface area (Å²) in [7, 11) is 1.66. The van der Waals surface area contributed by atoms with Gasteiger partial charge in [0.15, 0.2) is 0 Å². The van der Waals surface area contributed by atoms with Crippen LogP contribution in [0.15, 0.2) is 30.3 Å². The summed E-state index contributed by atoms with van der Waals surface area (Å²) in [5.74, 6) is 1.31. The van der Waals surface area contributed by atoms with Gasteiger partial charge in [0, 0.05) is 30.6 Å². The summed E-state index contributed by atoms with van der Waals surface area (Å²) in [4.78, 5) is 17.1.